The zero-order valence-corrected chi connectivity index (χ0v) is 13.3. The van der Waals surface area contributed by atoms with Gasteiger partial charge >= 0.3 is 0 Å². The molecule has 2 rings (SSSR count). The molecule has 0 radical (unpaired) electrons. The SMILES string of the molecule is Cc1nc(CN(C)C(=O)CC2(CN)CCCCC2)cs1. The molecule has 1 aromatic heterocycles. The highest BCUT2D eigenvalue weighted by Gasteiger charge is 2.33. The third kappa shape index (κ3) is 3.79. The number of nitrogens with two attached hydrogens (primary N) is 1. The first kappa shape index (κ1) is 15.4. The van der Waals surface area contributed by atoms with Gasteiger partial charge in [-0.3, -0.25) is 4.79 Å². The van der Waals surface area contributed by atoms with Crippen molar-refractivity contribution in [1.82, 2.24) is 9.88 Å². The van der Waals surface area contributed by atoms with Gasteiger partial charge in [0.05, 0.1) is 17.2 Å². The van der Waals surface area contributed by atoms with Gasteiger partial charge < -0.3 is 10.6 Å². The largest absolute Gasteiger partial charge is 0.340 e. The fourth-order valence-electron chi connectivity index (χ4n) is 3.02. The number of carbonyl (C=O) groups excluding carboxylic acids is 1. The lowest BCUT2D eigenvalue weighted by molar-refractivity contribution is -0.133. The molecule has 5 heteroatoms. The minimum absolute atomic E-state index is 0.0432. The average molecular weight is 295 g/mol. The number of carbonyl (C=O) groups is 1. The van der Waals surface area contributed by atoms with E-state index in [9.17, 15) is 4.79 Å². The highest BCUT2D eigenvalue weighted by molar-refractivity contribution is 7.09. The molecule has 4 nitrogen and oxygen atoms in total. The molecule has 0 aromatic carbocycles. The molecule has 1 aliphatic carbocycles. The Balaban J connectivity index is 1.92. The van der Waals surface area contributed by atoms with E-state index in [1.807, 2.05) is 19.4 Å². The van der Waals surface area contributed by atoms with Crippen molar-refractivity contribution < 1.29 is 4.79 Å². The van der Waals surface area contributed by atoms with Crippen molar-refractivity contribution >= 4 is 17.2 Å². The van der Waals surface area contributed by atoms with Crippen LogP contribution in [0.15, 0.2) is 5.38 Å². The van der Waals surface area contributed by atoms with Gasteiger partial charge in [-0.05, 0) is 31.7 Å². The minimum atomic E-state index is 0.0432. The van der Waals surface area contributed by atoms with E-state index in [2.05, 4.69) is 4.98 Å². The zero-order chi connectivity index (χ0) is 14.6. The molecule has 1 aromatic rings. The summed E-state index contributed by atoms with van der Waals surface area (Å²) < 4.78 is 0. The molecular weight excluding hydrogens is 270 g/mol. The van der Waals surface area contributed by atoms with E-state index in [1.54, 1.807) is 16.2 Å². The fourth-order valence-corrected chi connectivity index (χ4v) is 3.63. The minimum Gasteiger partial charge on any atom is -0.340 e. The van der Waals surface area contributed by atoms with Gasteiger partial charge in [0.2, 0.25) is 5.91 Å². The van der Waals surface area contributed by atoms with Crippen LogP contribution in [0.25, 0.3) is 0 Å². The van der Waals surface area contributed by atoms with E-state index in [0.29, 0.717) is 19.5 Å². The van der Waals surface area contributed by atoms with Crippen LogP contribution < -0.4 is 5.73 Å². The van der Waals surface area contributed by atoms with Gasteiger partial charge in [-0.25, -0.2) is 4.98 Å². The number of hydrogen-bond acceptors (Lipinski definition) is 4. The molecule has 0 bridgehead atoms. The maximum absolute atomic E-state index is 12.4. The van der Waals surface area contributed by atoms with Gasteiger partial charge in [0.1, 0.15) is 0 Å². The molecule has 1 saturated carbocycles. The zero-order valence-electron chi connectivity index (χ0n) is 12.5. The monoisotopic (exact) mass is 295 g/mol. The number of rotatable bonds is 5. The Labute approximate surface area is 125 Å². The lowest BCUT2D eigenvalue weighted by Gasteiger charge is -2.36. The first-order valence-corrected chi connectivity index (χ1v) is 8.28. The number of hydrogen-bond donors (Lipinski definition) is 1. The van der Waals surface area contributed by atoms with Crippen LogP contribution in [0.1, 0.15) is 49.2 Å². The number of aryl methyl sites for hydroxylation is 1. The second-order valence-corrected chi connectivity index (χ2v) is 7.11. The summed E-state index contributed by atoms with van der Waals surface area (Å²) in [4.78, 5) is 18.6. The maximum Gasteiger partial charge on any atom is 0.223 e. The van der Waals surface area contributed by atoms with Gasteiger partial charge in [0, 0.05) is 18.8 Å². The highest BCUT2D eigenvalue weighted by atomic mass is 32.1. The normalized spacial score (nSPS) is 17.9. The van der Waals surface area contributed by atoms with Gasteiger partial charge in [-0.2, -0.15) is 0 Å². The molecule has 2 N–H and O–H groups in total. The van der Waals surface area contributed by atoms with Crippen molar-refractivity contribution in [1.29, 1.82) is 0 Å². The lowest BCUT2D eigenvalue weighted by atomic mass is 9.71. The summed E-state index contributed by atoms with van der Waals surface area (Å²) in [7, 11) is 1.87. The van der Waals surface area contributed by atoms with E-state index < -0.39 is 0 Å². The molecule has 1 amide bonds. The predicted molar refractivity (Wildman–Crippen MR) is 82.5 cm³/mol. The van der Waals surface area contributed by atoms with E-state index in [0.717, 1.165) is 23.5 Å². The molecule has 0 spiro atoms. The number of nitrogens with zero attached hydrogens (tertiary/aromatic N) is 2. The molecule has 20 heavy (non-hydrogen) atoms. The van der Waals surface area contributed by atoms with Gasteiger partial charge in [-0.15, -0.1) is 11.3 Å². The Kier molecular flexibility index (Phi) is 5.16. The van der Waals surface area contributed by atoms with Crippen LogP contribution in [0, 0.1) is 12.3 Å². The predicted octanol–water partition coefficient (Wildman–Crippen LogP) is 2.71. The van der Waals surface area contributed by atoms with Gasteiger partial charge in [-0.1, -0.05) is 19.3 Å². The van der Waals surface area contributed by atoms with Crippen molar-refractivity contribution in [2.24, 2.45) is 11.1 Å². The number of aromatic nitrogens is 1. The third-order valence-corrected chi connectivity index (χ3v) is 5.19. The van der Waals surface area contributed by atoms with Crippen molar-refractivity contribution in [3.63, 3.8) is 0 Å². The summed E-state index contributed by atoms with van der Waals surface area (Å²) in [5.41, 5.74) is 6.98. The maximum atomic E-state index is 12.4. The number of amides is 1. The second kappa shape index (κ2) is 6.68. The van der Waals surface area contributed by atoms with Gasteiger partial charge in [0.15, 0.2) is 0 Å². The molecule has 1 aliphatic rings. The van der Waals surface area contributed by atoms with E-state index in [1.165, 1.54) is 19.3 Å². The molecule has 0 atom stereocenters. The van der Waals surface area contributed by atoms with Crippen LogP contribution in [0.3, 0.4) is 0 Å². The molecule has 0 unspecified atom stereocenters. The van der Waals surface area contributed by atoms with Crippen LogP contribution in [0.2, 0.25) is 0 Å². The lowest BCUT2D eigenvalue weighted by Crippen LogP contribution is -2.39. The van der Waals surface area contributed by atoms with Crippen LogP contribution in [0.5, 0.6) is 0 Å². The van der Waals surface area contributed by atoms with Crippen LogP contribution in [-0.2, 0) is 11.3 Å². The third-order valence-electron chi connectivity index (χ3n) is 4.36. The molecule has 0 aliphatic heterocycles. The van der Waals surface area contributed by atoms with E-state index in [4.69, 9.17) is 5.73 Å². The Hall–Kier alpha value is -0.940. The summed E-state index contributed by atoms with van der Waals surface area (Å²) in [5, 5.41) is 3.07. The molecule has 1 heterocycles. The van der Waals surface area contributed by atoms with Crippen molar-refractivity contribution in [3.8, 4) is 0 Å². The standard InChI is InChI=1S/C15H25N3OS/c1-12-17-13(10-20-12)9-18(2)14(19)8-15(11-16)6-4-3-5-7-15/h10H,3-9,11,16H2,1-2H3. The van der Waals surface area contributed by atoms with Crippen LogP contribution in [0.4, 0.5) is 0 Å². The average Bonchev–Trinajstić information content (AvgIpc) is 2.85. The molecule has 0 saturated heterocycles. The van der Waals surface area contributed by atoms with Crippen LogP contribution in [-0.4, -0.2) is 29.4 Å². The highest BCUT2D eigenvalue weighted by Crippen LogP contribution is 2.38. The second-order valence-electron chi connectivity index (χ2n) is 6.05. The molecule has 1 fully saturated rings. The summed E-state index contributed by atoms with van der Waals surface area (Å²) in [5.74, 6) is 0.197. The Morgan fingerprint density at radius 2 is 2.15 bits per heavy atom. The first-order valence-electron chi connectivity index (χ1n) is 7.40. The Morgan fingerprint density at radius 1 is 1.45 bits per heavy atom. The van der Waals surface area contributed by atoms with Crippen LogP contribution >= 0.6 is 11.3 Å². The van der Waals surface area contributed by atoms with E-state index >= 15 is 0 Å². The summed E-state index contributed by atoms with van der Waals surface area (Å²) in [6.45, 7) is 3.22. The Morgan fingerprint density at radius 3 is 2.70 bits per heavy atom. The van der Waals surface area contributed by atoms with Crippen molar-refractivity contribution in [2.45, 2.75) is 52.0 Å². The van der Waals surface area contributed by atoms with E-state index in [-0.39, 0.29) is 11.3 Å². The van der Waals surface area contributed by atoms with Crippen molar-refractivity contribution in [3.05, 3.63) is 16.1 Å². The summed E-state index contributed by atoms with van der Waals surface area (Å²) in [6.07, 6.45) is 6.48. The Bertz CT molecular complexity index is 452. The topological polar surface area (TPSA) is 59.2 Å². The van der Waals surface area contributed by atoms with Crippen molar-refractivity contribution in [2.75, 3.05) is 13.6 Å². The molecule has 112 valence electrons. The fraction of sp³-hybridized carbons (Fsp3) is 0.733. The first-order chi connectivity index (χ1) is 9.54. The quantitative estimate of drug-likeness (QED) is 0.908. The smallest absolute Gasteiger partial charge is 0.223 e. The van der Waals surface area contributed by atoms with Gasteiger partial charge in [0.25, 0.3) is 0 Å². The number of thiazole rings is 1. The summed E-state index contributed by atoms with van der Waals surface area (Å²) in [6, 6.07) is 0. The summed E-state index contributed by atoms with van der Waals surface area (Å²) >= 11 is 1.63. The molecular formula is C15H25N3OS.